The molecule has 1 aromatic carbocycles. The number of ether oxygens (including phenoxy) is 1. The number of hydrogen-bond acceptors (Lipinski definition) is 4. The van der Waals surface area contributed by atoms with Crippen molar-refractivity contribution in [2.24, 2.45) is 0 Å². The van der Waals surface area contributed by atoms with E-state index in [0.717, 1.165) is 32.6 Å². The molecule has 138 valence electrons. The highest BCUT2D eigenvalue weighted by Gasteiger charge is 2.24. The molecule has 1 amide bonds. The third-order valence-corrected chi connectivity index (χ3v) is 5.16. The van der Waals surface area contributed by atoms with Gasteiger partial charge in [-0.15, -0.1) is 0 Å². The second kappa shape index (κ2) is 8.94. The molecule has 0 aliphatic carbocycles. The maximum Gasteiger partial charge on any atom is 0.224 e. The molecule has 5 nitrogen and oxygen atoms in total. The Kier molecular flexibility index (Phi) is 6.64. The van der Waals surface area contributed by atoms with E-state index in [1.54, 1.807) is 12.1 Å². The summed E-state index contributed by atoms with van der Waals surface area (Å²) in [4.78, 5) is 16.6. The van der Waals surface area contributed by atoms with E-state index in [-0.39, 0.29) is 17.8 Å². The van der Waals surface area contributed by atoms with Gasteiger partial charge in [0.15, 0.2) is 0 Å². The predicted molar refractivity (Wildman–Crippen MR) is 95.1 cm³/mol. The average molecular weight is 370 g/mol. The molecule has 2 saturated heterocycles. The van der Waals surface area contributed by atoms with Crippen molar-refractivity contribution in [2.45, 2.75) is 25.4 Å². The summed E-state index contributed by atoms with van der Waals surface area (Å²) in [7, 11) is 0. The third-order valence-electron chi connectivity index (χ3n) is 4.80. The number of benzene rings is 1. The summed E-state index contributed by atoms with van der Waals surface area (Å²) in [6, 6.07) is 4.88. The Morgan fingerprint density at radius 2 is 2.20 bits per heavy atom. The number of amides is 1. The van der Waals surface area contributed by atoms with Gasteiger partial charge < -0.3 is 15.0 Å². The highest BCUT2D eigenvalue weighted by molar-refractivity contribution is 6.31. The van der Waals surface area contributed by atoms with Crippen molar-refractivity contribution in [2.75, 3.05) is 45.9 Å². The zero-order chi connectivity index (χ0) is 17.6. The van der Waals surface area contributed by atoms with Crippen LogP contribution in [-0.4, -0.2) is 67.7 Å². The maximum atomic E-state index is 14.0. The third kappa shape index (κ3) is 5.14. The molecule has 7 heteroatoms. The Bertz CT molecular complexity index is 575. The number of nitrogens with zero attached hydrogens (tertiary/aromatic N) is 2. The quantitative estimate of drug-likeness (QED) is 0.880. The van der Waals surface area contributed by atoms with Gasteiger partial charge in [0, 0.05) is 62.3 Å². The van der Waals surface area contributed by atoms with Crippen LogP contribution >= 0.6 is 11.6 Å². The van der Waals surface area contributed by atoms with Gasteiger partial charge in [-0.2, -0.15) is 0 Å². The molecule has 3 rings (SSSR count). The molecule has 1 N–H and O–H groups in total. The smallest absolute Gasteiger partial charge is 0.224 e. The first-order valence-corrected chi connectivity index (χ1v) is 9.25. The van der Waals surface area contributed by atoms with E-state index in [9.17, 15) is 9.18 Å². The molecule has 25 heavy (non-hydrogen) atoms. The molecule has 0 spiro atoms. The minimum Gasteiger partial charge on any atom is -0.378 e. The van der Waals surface area contributed by atoms with E-state index in [4.69, 9.17) is 16.3 Å². The fourth-order valence-corrected chi connectivity index (χ4v) is 3.60. The Morgan fingerprint density at radius 1 is 1.32 bits per heavy atom. The summed E-state index contributed by atoms with van der Waals surface area (Å²) < 4.78 is 19.4. The van der Waals surface area contributed by atoms with Crippen molar-refractivity contribution in [3.63, 3.8) is 0 Å². The van der Waals surface area contributed by atoms with Crippen molar-refractivity contribution < 1.29 is 13.9 Å². The number of morpholine rings is 1. The fourth-order valence-electron chi connectivity index (χ4n) is 3.38. The van der Waals surface area contributed by atoms with E-state index >= 15 is 0 Å². The molecule has 0 aromatic heterocycles. The van der Waals surface area contributed by atoms with Gasteiger partial charge in [-0.25, -0.2) is 4.39 Å². The first-order valence-electron chi connectivity index (χ1n) is 8.87. The van der Waals surface area contributed by atoms with Gasteiger partial charge in [0.1, 0.15) is 5.82 Å². The van der Waals surface area contributed by atoms with Crippen LogP contribution in [0.2, 0.25) is 5.02 Å². The number of nitrogens with one attached hydrogen (secondary N) is 1. The van der Waals surface area contributed by atoms with Crippen LogP contribution in [0.1, 0.15) is 18.4 Å². The summed E-state index contributed by atoms with van der Waals surface area (Å²) in [5, 5.41) is 3.78. The lowest BCUT2D eigenvalue weighted by Gasteiger charge is -2.27. The summed E-state index contributed by atoms with van der Waals surface area (Å²) in [5.41, 5.74) is 0.535. The van der Waals surface area contributed by atoms with Crippen LogP contribution < -0.4 is 5.32 Å². The molecule has 2 heterocycles. The van der Waals surface area contributed by atoms with Crippen LogP contribution in [0.5, 0.6) is 0 Å². The van der Waals surface area contributed by atoms with Crippen LogP contribution in [-0.2, 0) is 16.1 Å². The largest absolute Gasteiger partial charge is 0.378 e. The molecule has 2 fully saturated rings. The molecule has 0 saturated carbocycles. The maximum absolute atomic E-state index is 14.0. The standard InChI is InChI=1S/C18H25ClFN3O2/c19-16-3-1-4-17(20)15(16)12-22-6-2-7-23(9-8-22)18(24)11-14-13-25-10-5-21-14/h1,3-4,14,21H,2,5-13H2/t14-/m1/s1. The zero-order valence-corrected chi connectivity index (χ0v) is 15.1. The van der Waals surface area contributed by atoms with Gasteiger partial charge in [-0.1, -0.05) is 17.7 Å². The molecule has 1 aromatic rings. The van der Waals surface area contributed by atoms with Crippen molar-refractivity contribution in [1.29, 1.82) is 0 Å². The first kappa shape index (κ1) is 18.6. The van der Waals surface area contributed by atoms with E-state index in [1.807, 2.05) is 4.90 Å². The number of carbonyl (C=O) groups excluding carboxylic acids is 1. The lowest BCUT2D eigenvalue weighted by atomic mass is 10.1. The lowest BCUT2D eigenvalue weighted by molar-refractivity contribution is -0.132. The van der Waals surface area contributed by atoms with Crippen LogP contribution in [0.25, 0.3) is 0 Å². The highest BCUT2D eigenvalue weighted by atomic mass is 35.5. The van der Waals surface area contributed by atoms with Gasteiger partial charge in [-0.3, -0.25) is 9.69 Å². The van der Waals surface area contributed by atoms with Crippen molar-refractivity contribution in [3.05, 3.63) is 34.6 Å². The van der Waals surface area contributed by atoms with Gasteiger partial charge >= 0.3 is 0 Å². The molecular formula is C18H25ClFN3O2. The Balaban J connectivity index is 1.52. The van der Waals surface area contributed by atoms with Crippen LogP contribution in [0.4, 0.5) is 4.39 Å². The minimum absolute atomic E-state index is 0.109. The van der Waals surface area contributed by atoms with E-state index in [0.29, 0.717) is 43.3 Å². The van der Waals surface area contributed by atoms with Crippen molar-refractivity contribution in [1.82, 2.24) is 15.1 Å². The number of carbonyl (C=O) groups is 1. The topological polar surface area (TPSA) is 44.8 Å². The number of halogens is 2. The first-order chi connectivity index (χ1) is 12.1. The molecule has 1 atom stereocenters. The highest BCUT2D eigenvalue weighted by Crippen LogP contribution is 2.21. The second-order valence-electron chi connectivity index (χ2n) is 6.64. The van der Waals surface area contributed by atoms with Gasteiger partial charge in [0.25, 0.3) is 0 Å². The Morgan fingerprint density at radius 3 is 2.96 bits per heavy atom. The number of rotatable bonds is 4. The van der Waals surface area contributed by atoms with E-state index in [2.05, 4.69) is 10.2 Å². The summed E-state index contributed by atoms with van der Waals surface area (Å²) >= 11 is 6.13. The van der Waals surface area contributed by atoms with Crippen molar-refractivity contribution >= 4 is 17.5 Å². The average Bonchev–Trinajstić information content (AvgIpc) is 2.85. The fraction of sp³-hybridized carbons (Fsp3) is 0.611. The van der Waals surface area contributed by atoms with Gasteiger partial charge in [0.2, 0.25) is 5.91 Å². The van der Waals surface area contributed by atoms with Crippen LogP contribution in [0, 0.1) is 5.82 Å². The predicted octanol–water partition coefficient (Wildman–Crippen LogP) is 1.89. The normalized spacial score (nSPS) is 22.6. The summed E-state index contributed by atoms with van der Waals surface area (Å²) in [6.45, 7) is 5.55. The molecule has 0 unspecified atom stereocenters. The second-order valence-corrected chi connectivity index (χ2v) is 7.05. The summed E-state index contributed by atoms with van der Waals surface area (Å²) in [6.07, 6.45) is 1.35. The molecule has 2 aliphatic rings. The van der Waals surface area contributed by atoms with Crippen LogP contribution in [0.3, 0.4) is 0 Å². The van der Waals surface area contributed by atoms with Gasteiger partial charge in [0.05, 0.1) is 13.2 Å². The summed E-state index contributed by atoms with van der Waals surface area (Å²) in [5.74, 6) is -0.109. The minimum atomic E-state index is -0.270. The molecule has 0 bridgehead atoms. The van der Waals surface area contributed by atoms with Crippen LogP contribution in [0.15, 0.2) is 18.2 Å². The zero-order valence-electron chi connectivity index (χ0n) is 14.3. The Hall–Kier alpha value is -1.21. The molecular weight excluding hydrogens is 345 g/mol. The lowest BCUT2D eigenvalue weighted by Crippen LogP contribution is -2.45. The number of hydrogen-bond donors (Lipinski definition) is 1. The monoisotopic (exact) mass is 369 g/mol. The van der Waals surface area contributed by atoms with Crippen molar-refractivity contribution in [3.8, 4) is 0 Å². The van der Waals surface area contributed by atoms with E-state index < -0.39 is 0 Å². The molecule has 2 aliphatic heterocycles. The SMILES string of the molecule is O=C(C[C@@H]1COCCN1)N1CCCN(Cc2c(F)cccc2Cl)CC1. The van der Waals surface area contributed by atoms with E-state index in [1.165, 1.54) is 6.07 Å². The Labute approximate surface area is 153 Å². The van der Waals surface area contributed by atoms with Gasteiger partial charge in [-0.05, 0) is 18.6 Å². The molecule has 0 radical (unpaired) electrons.